The maximum Gasteiger partial charge on any atom is 0.119 e. The Morgan fingerprint density at radius 1 is 1.19 bits per heavy atom. The first kappa shape index (κ1) is 16.4. The van der Waals surface area contributed by atoms with E-state index in [1.807, 2.05) is 0 Å². The average Bonchev–Trinajstić information content (AvgIpc) is 2.50. The molecule has 0 aromatic heterocycles. The molecule has 1 N–H and O–H groups in total. The third-order valence-electron chi connectivity index (χ3n) is 5.02. The molecule has 2 heteroatoms. The molecule has 0 radical (unpaired) electrons. The van der Waals surface area contributed by atoms with Crippen LogP contribution in [0.3, 0.4) is 0 Å². The number of hydrogen-bond acceptors (Lipinski definition) is 2. The van der Waals surface area contributed by atoms with Crippen molar-refractivity contribution in [1.29, 1.82) is 0 Å². The van der Waals surface area contributed by atoms with E-state index in [4.69, 9.17) is 4.74 Å². The topological polar surface area (TPSA) is 21.3 Å². The molecule has 1 fully saturated rings. The number of rotatable bonds is 6. The minimum Gasteiger partial charge on any atom is -0.494 e. The van der Waals surface area contributed by atoms with Crippen LogP contribution in [0.5, 0.6) is 5.75 Å². The molecule has 1 saturated carbocycles. The third kappa shape index (κ3) is 4.47. The van der Waals surface area contributed by atoms with Gasteiger partial charge in [-0.15, -0.1) is 0 Å². The van der Waals surface area contributed by atoms with Gasteiger partial charge in [0.25, 0.3) is 0 Å². The van der Waals surface area contributed by atoms with E-state index in [-0.39, 0.29) is 0 Å². The molecule has 0 bridgehead atoms. The van der Waals surface area contributed by atoms with Crippen molar-refractivity contribution in [1.82, 2.24) is 5.32 Å². The summed E-state index contributed by atoms with van der Waals surface area (Å²) < 4.78 is 5.65. The Morgan fingerprint density at radius 2 is 1.90 bits per heavy atom. The maximum absolute atomic E-state index is 5.65. The van der Waals surface area contributed by atoms with Crippen LogP contribution in [0.1, 0.15) is 65.0 Å². The fourth-order valence-electron chi connectivity index (χ4n) is 3.31. The second-order valence-electron chi connectivity index (χ2n) is 6.68. The van der Waals surface area contributed by atoms with E-state index >= 15 is 0 Å². The van der Waals surface area contributed by atoms with Crippen LogP contribution in [-0.4, -0.2) is 12.6 Å². The van der Waals surface area contributed by atoms with Gasteiger partial charge in [-0.05, 0) is 49.3 Å². The quantitative estimate of drug-likeness (QED) is 0.800. The Hall–Kier alpha value is -1.02. The number of benzene rings is 1. The summed E-state index contributed by atoms with van der Waals surface area (Å²) in [5, 5.41) is 3.84. The zero-order chi connectivity index (χ0) is 15.2. The highest BCUT2D eigenvalue weighted by molar-refractivity contribution is 5.29. The zero-order valence-corrected chi connectivity index (χ0v) is 14.1. The standard InChI is InChI=1S/C19H31NO/c1-5-13-21-18-11-9-17(10-12-18)16(4)20-19-8-6-7-14(2)15(19)3/h9-12,14-16,19-20H,5-8,13H2,1-4H3. The number of ether oxygens (including phenoxy) is 1. The van der Waals surface area contributed by atoms with E-state index in [0.717, 1.165) is 30.6 Å². The highest BCUT2D eigenvalue weighted by Crippen LogP contribution is 2.31. The summed E-state index contributed by atoms with van der Waals surface area (Å²) in [6, 6.07) is 9.63. The molecule has 1 aromatic rings. The minimum absolute atomic E-state index is 0.406. The van der Waals surface area contributed by atoms with Crippen molar-refractivity contribution in [3.63, 3.8) is 0 Å². The summed E-state index contributed by atoms with van der Waals surface area (Å²) in [6.07, 6.45) is 5.11. The molecule has 21 heavy (non-hydrogen) atoms. The summed E-state index contributed by atoms with van der Waals surface area (Å²) in [5.74, 6) is 2.59. The molecule has 0 saturated heterocycles. The lowest BCUT2D eigenvalue weighted by Gasteiger charge is -2.36. The van der Waals surface area contributed by atoms with Gasteiger partial charge in [-0.3, -0.25) is 0 Å². The van der Waals surface area contributed by atoms with Gasteiger partial charge in [0.05, 0.1) is 6.61 Å². The molecule has 1 aliphatic rings. The molecular formula is C19H31NO. The van der Waals surface area contributed by atoms with E-state index in [1.165, 1.54) is 24.8 Å². The highest BCUT2D eigenvalue weighted by atomic mass is 16.5. The zero-order valence-electron chi connectivity index (χ0n) is 14.1. The Balaban J connectivity index is 1.91. The molecule has 2 nitrogen and oxygen atoms in total. The molecule has 4 unspecified atom stereocenters. The van der Waals surface area contributed by atoms with Crippen LogP contribution in [0.25, 0.3) is 0 Å². The minimum atomic E-state index is 0.406. The summed E-state index contributed by atoms with van der Waals surface area (Å²) >= 11 is 0. The van der Waals surface area contributed by atoms with Gasteiger partial charge in [-0.25, -0.2) is 0 Å². The fourth-order valence-corrected chi connectivity index (χ4v) is 3.31. The van der Waals surface area contributed by atoms with E-state index in [1.54, 1.807) is 0 Å². The Bertz CT molecular complexity index is 414. The normalized spacial score (nSPS) is 27.3. The van der Waals surface area contributed by atoms with Crippen molar-refractivity contribution < 1.29 is 4.74 Å². The predicted octanol–water partition coefficient (Wildman–Crippen LogP) is 4.95. The first-order valence-corrected chi connectivity index (χ1v) is 8.60. The van der Waals surface area contributed by atoms with Crippen LogP contribution < -0.4 is 10.1 Å². The van der Waals surface area contributed by atoms with E-state index in [2.05, 4.69) is 57.3 Å². The molecule has 2 rings (SSSR count). The Kier molecular flexibility index (Phi) is 6.10. The van der Waals surface area contributed by atoms with Gasteiger partial charge in [0.15, 0.2) is 0 Å². The van der Waals surface area contributed by atoms with Crippen LogP contribution in [0.4, 0.5) is 0 Å². The lowest BCUT2D eigenvalue weighted by Crippen LogP contribution is -2.41. The van der Waals surface area contributed by atoms with Gasteiger partial charge < -0.3 is 10.1 Å². The molecule has 1 aliphatic carbocycles. The van der Waals surface area contributed by atoms with Crippen LogP contribution in [0.15, 0.2) is 24.3 Å². The van der Waals surface area contributed by atoms with Crippen LogP contribution in [0.2, 0.25) is 0 Å². The number of hydrogen-bond donors (Lipinski definition) is 1. The molecule has 4 atom stereocenters. The summed E-state index contributed by atoms with van der Waals surface area (Å²) in [4.78, 5) is 0. The van der Waals surface area contributed by atoms with E-state index < -0.39 is 0 Å². The SMILES string of the molecule is CCCOc1ccc(C(C)NC2CCCC(C)C2C)cc1. The van der Waals surface area contributed by atoms with Crippen molar-refractivity contribution in [3.05, 3.63) is 29.8 Å². The van der Waals surface area contributed by atoms with Crippen LogP contribution in [0, 0.1) is 11.8 Å². The second-order valence-corrected chi connectivity index (χ2v) is 6.68. The van der Waals surface area contributed by atoms with Crippen molar-refractivity contribution in [2.45, 2.75) is 65.5 Å². The molecule has 0 aliphatic heterocycles. The van der Waals surface area contributed by atoms with Crippen LogP contribution in [-0.2, 0) is 0 Å². The highest BCUT2D eigenvalue weighted by Gasteiger charge is 2.27. The smallest absolute Gasteiger partial charge is 0.119 e. The largest absolute Gasteiger partial charge is 0.494 e. The lowest BCUT2D eigenvalue weighted by atomic mass is 9.77. The van der Waals surface area contributed by atoms with Crippen molar-refractivity contribution in [2.75, 3.05) is 6.61 Å². The maximum atomic E-state index is 5.65. The summed E-state index contributed by atoms with van der Waals surface area (Å²) in [7, 11) is 0. The first-order chi connectivity index (χ1) is 10.1. The Morgan fingerprint density at radius 3 is 2.57 bits per heavy atom. The molecule has 0 spiro atoms. The van der Waals surface area contributed by atoms with Crippen molar-refractivity contribution in [2.24, 2.45) is 11.8 Å². The van der Waals surface area contributed by atoms with E-state index in [9.17, 15) is 0 Å². The molecular weight excluding hydrogens is 258 g/mol. The average molecular weight is 289 g/mol. The second kappa shape index (κ2) is 7.84. The van der Waals surface area contributed by atoms with Gasteiger partial charge in [-0.2, -0.15) is 0 Å². The van der Waals surface area contributed by atoms with Gasteiger partial charge >= 0.3 is 0 Å². The molecule has 0 amide bonds. The summed E-state index contributed by atoms with van der Waals surface area (Å²) in [6.45, 7) is 9.99. The van der Waals surface area contributed by atoms with Crippen molar-refractivity contribution >= 4 is 0 Å². The van der Waals surface area contributed by atoms with Gasteiger partial charge in [0.2, 0.25) is 0 Å². The van der Waals surface area contributed by atoms with Crippen LogP contribution >= 0.6 is 0 Å². The first-order valence-electron chi connectivity index (χ1n) is 8.60. The molecule has 1 aromatic carbocycles. The summed E-state index contributed by atoms with van der Waals surface area (Å²) in [5.41, 5.74) is 1.35. The van der Waals surface area contributed by atoms with E-state index in [0.29, 0.717) is 12.1 Å². The van der Waals surface area contributed by atoms with Gasteiger partial charge in [0.1, 0.15) is 5.75 Å². The van der Waals surface area contributed by atoms with Crippen molar-refractivity contribution in [3.8, 4) is 5.75 Å². The van der Waals surface area contributed by atoms with Gasteiger partial charge in [-0.1, -0.05) is 45.7 Å². The Labute approximate surface area is 130 Å². The molecule has 118 valence electrons. The lowest BCUT2D eigenvalue weighted by molar-refractivity contribution is 0.196. The molecule has 0 heterocycles. The fraction of sp³-hybridized carbons (Fsp3) is 0.684. The number of nitrogens with one attached hydrogen (secondary N) is 1. The van der Waals surface area contributed by atoms with Gasteiger partial charge in [0, 0.05) is 12.1 Å². The predicted molar refractivity (Wildman–Crippen MR) is 89.7 cm³/mol. The monoisotopic (exact) mass is 289 g/mol. The third-order valence-corrected chi connectivity index (χ3v) is 5.02.